The van der Waals surface area contributed by atoms with E-state index >= 15 is 0 Å². The van der Waals surface area contributed by atoms with Crippen molar-refractivity contribution in [3.8, 4) is 0 Å². The van der Waals surface area contributed by atoms with Gasteiger partial charge in [-0.05, 0) is 62.0 Å². The third-order valence-corrected chi connectivity index (χ3v) is 14.9. The minimum absolute atomic E-state index is 0.0625. The fraction of sp³-hybridized carbons (Fsp3) is 0.654. The molecule has 1 unspecified atom stereocenters. The molecule has 1 aliphatic heterocycles. The highest BCUT2D eigenvalue weighted by Gasteiger charge is 2.46. The Morgan fingerprint density at radius 1 is 1.27 bits per heavy atom. The Hall–Kier alpha value is -1.31. The van der Waals surface area contributed by atoms with Crippen LogP contribution in [0.4, 0.5) is 4.79 Å². The molecule has 0 radical (unpaired) electrons. The van der Waals surface area contributed by atoms with Crippen LogP contribution in [0, 0.1) is 0 Å². The quantitative estimate of drug-likeness (QED) is 0.517. The number of nitrogens with one attached hydrogen (secondary N) is 2. The summed E-state index contributed by atoms with van der Waals surface area (Å²) in [4.78, 5) is 21.1. The van der Waals surface area contributed by atoms with Crippen LogP contribution >= 0.6 is 15.9 Å². The van der Waals surface area contributed by atoms with Gasteiger partial charge in [0.15, 0.2) is 0 Å². The molecule has 7 heteroatoms. The molecule has 2 aliphatic rings. The number of benzene rings is 1. The maximum atomic E-state index is 12.8. The van der Waals surface area contributed by atoms with Crippen LogP contribution in [-0.4, -0.2) is 67.7 Å². The van der Waals surface area contributed by atoms with Crippen molar-refractivity contribution in [3.63, 3.8) is 0 Å². The van der Waals surface area contributed by atoms with Crippen LogP contribution in [0.1, 0.15) is 58.1 Å². The number of carbonyl (C=O) groups is 1. The molecule has 0 spiro atoms. The van der Waals surface area contributed by atoms with Gasteiger partial charge >= 0.3 is 6.03 Å². The van der Waals surface area contributed by atoms with E-state index in [-0.39, 0.29) is 17.1 Å². The van der Waals surface area contributed by atoms with Crippen molar-refractivity contribution in [1.29, 1.82) is 0 Å². The smallest absolute Gasteiger partial charge is 0.317 e. The van der Waals surface area contributed by atoms with Crippen molar-refractivity contribution < 1.29 is 4.79 Å². The lowest BCUT2D eigenvalue weighted by Crippen LogP contribution is -2.57. The molecule has 5 nitrogen and oxygen atoms in total. The molecule has 0 bridgehead atoms. The third kappa shape index (κ3) is 4.08. The van der Waals surface area contributed by atoms with Crippen molar-refractivity contribution in [2.45, 2.75) is 83.6 Å². The van der Waals surface area contributed by atoms with Crippen LogP contribution in [0.5, 0.6) is 0 Å². The summed E-state index contributed by atoms with van der Waals surface area (Å²) in [6.07, 6.45) is 2.07. The molecule has 2 N–H and O–H groups in total. The molecule has 4 rings (SSSR count). The maximum absolute atomic E-state index is 12.8. The molecule has 1 aromatic heterocycles. The van der Waals surface area contributed by atoms with Crippen LogP contribution in [0.15, 0.2) is 16.6 Å². The van der Waals surface area contributed by atoms with Gasteiger partial charge < -0.3 is 20.1 Å². The molecule has 0 saturated carbocycles. The fourth-order valence-corrected chi connectivity index (χ4v) is 8.66. The second-order valence-electron chi connectivity index (χ2n) is 11.6. The number of nitrogens with zero attached hydrogens (tertiary/aromatic N) is 2. The number of hydrogen-bond donors (Lipinski definition) is 2. The number of amides is 2. The first-order valence-corrected chi connectivity index (χ1v) is 16.3. The number of aromatic nitrogens is 1. The highest BCUT2D eigenvalue weighted by atomic mass is 79.9. The number of H-pyrrole nitrogens is 1. The number of carbonyl (C=O) groups excluding carboxylic acids is 1. The number of urea groups is 1. The Balaban J connectivity index is 1.77. The maximum Gasteiger partial charge on any atom is 0.317 e. The third-order valence-electron chi connectivity index (χ3n) is 8.80. The summed E-state index contributed by atoms with van der Waals surface area (Å²) in [5, 5.41) is 6.57. The van der Waals surface area contributed by atoms with Gasteiger partial charge in [0.05, 0.1) is 0 Å². The monoisotopic (exact) mass is 532 g/mol. The summed E-state index contributed by atoms with van der Waals surface area (Å²) in [7, 11) is 0.518. The molecular weight excluding hydrogens is 492 g/mol. The number of fused-ring (bicyclic) bond motifs is 2. The number of rotatable bonds is 4. The van der Waals surface area contributed by atoms with E-state index in [1.165, 1.54) is 26.3 Å². The van der Waals surface area contributed by atoms with Crippen LogP contribution in [0.3, 0.4) is 0 Å². The van der Waals surface area contributed by atoms with Gasteiger partial charge in [0, 0.05) is 58.3 Å². The Kier molecular flexibility index (Phi) is 6.55. The molecule has 33 heavy (non-hydrogen) atoms. The number of halogens is 1. The molecule has 2 aromatic rings. The van der Waals surface area contributed by atoms with Crippen molar-refractivity contribution in [2.75, 3.05) is 26.7 Å². The van der Waals surface area contributed by atoms with Gasteiger partial charge in [-0.15, -0.1) is 0 Å². The van der Waals surface area contributed by atoms with Crippen LogP contribution in [0.2, 0.25) is 18.1 Å². The summed E-state index contributed by atoms with van der Waals surface area (Å²) >= 11 is 3.93. The minimum atomic E-state index is -1.72. The van der Waals surface area contributed by atoms with E-state index in [0.717, 1.165) is 32.5 Å². The zero-order chi connectivity index (χ0) is 24.3. The number of aromatic amines is 1. The van der Waals surface area contributed by atoms with E-state index in [9.17, 15) is 4.79 Å². The lowest BCUT2D eigenvalue weighted by molar-refractivity contribution is 0.124. The summed E-state index contributed by atoms with van der Waals surface area (Å²) in [6.45, 7) is 18.7. The standard InChI is InChI=1S/C26H41BrN4OSi/c1-9-31(10-2)25(32)28-16-13-17-21(30(6)15-16)14-18-23-20(12-11-19(27)22(17)23)29-24(18)33(7,8)26(3,4)5/h11-12,16-17,21,29H,9-10,13-15H2,1-8H3,(H,28,32)/t16-,17?,21+/m0/s1. The van der Waals surface area contributed by atoms with Gasteiger partial charge in [-0.25, -0.2) is 4.79 Å². The molecule has 1 saturated heterocycles. The lowest BCUT2D eigenvalue weighted by atomic mass is 9.74. The molecule has 1 fully saturated rings. The average Bonchev–Trinajstić information content (AvgIpc) is 3.10. The Bertz CT molecular complexity index is 1050. The molecule has 182 valence electrons. The highest BCUT2D eigenvalue weighted by Crippen LogP contribution is 2.47. The zero-order valence-electron chi connectivity index (χ0n) is 21.6. The molecule has 1 aromatic carbocycles. The van der Waals surface area contributed by atoms with Gasteiger partial charge in [-0.2, -0.15) is 0 Å². The summed E-state index contributed by atoms with van der Waals surface area (Å²) < 4.78 is 1.20. The first-order valence-electron chi connectivity index (χ1n) is 12.5. The minimum Gasteiger partial charge on any atom is -0.362 e. The van der Waals surface area contributed by atoms with Crippen LogP contribution < -0.4 is 10.6 Å². The Morgan fingerprint density at radius 2 is 1.94 bits per heavy atom. The topological polar surface area (TPSA) is 51.4 Å². The highest BCUT2D eigenvalue weighted by molar-refractivity contribution is 9.10. The van der Waals surface area contributed by atoms with E-state index in [0.29, 0.717) is 12.0 Å². The first kappa shape index (κ1) is 24.8. The van der Waals surface area contributed by atoms with Gasteiger partial charge in [0.1, 0.15) is 8.07 Å². The van der Waals surface area contributed by atoms with E-state index in [4.69, 9.17) is 0 Å². The number of hydrogen-bond acceptors (Lipinski definition) is 2. The van der Waals surface area contributed by atoms with E-state index in [1.807, 2.05) is 18.7 Å². The van der Waals surface area contributed by atoms with E-state index in [2.05, 4.69) is 84.2 Å². The second-order valence-corrected chi connectivity index (χ2v) is 17.7. The Labute approximate surface area is 208 Å². The zero-order valence-corrected chi connectivity index (χ0v) is 24.2. The summed E-state index contributed by atoms with van der Waals surface area (Å²) in [5.41, 5.74) is 4.26. The van der Waals surface area contributed by atoms with Crippen molar-refractivity contribution in [2.24, 2.45) is 0 Å². The summed E-state index contributed by atoms with van der Waals surface area (Å²) in [5.74, 6) is 0.402. The molecule has 2 heterocycles. The van der Waals surface area contributed by atoms with Gasteiger partial charge in [0.25, 0.3) is 0 Å². The van der Waals surface area contributed by atoms with Crippen molar-refractivity contribution in [1.82, 2.24) is 20.1 Å². The fourth-order valence-electron chi connectivity index (χ4n) is 5.86. The van der Waals surface area contributed by atoms with Crippen LogP contribution in [0.25, 0.3) is 10.9 Å². The first-order chi connectivity index (χ1) is 15.4. The van der Waals surface area contributed by atoms with Gasteiger partial charge in [0.2, 0.25) is 0 Å². The SMILES string of the molecule is CCN(CC)C(=O)N[C@H]1CC2c3c(Br)ccc4[nH]c([Si](C)(C)C(C)(C)C)c(c34)C[C@H]2N(C)C1. The largest absolute Gasteiger partial charge is 0.362 e. The van der Waals surface area contributed by atoms with Gasteiger partial charge in [-0.1, -0.05) is 49.8 Å². The van der Waals surface area contributed by atoms with Gasteiger partial charge in [-0.3, -0.25) is 0 Å². The lowest BCUT2D eigenvalue weighted by Gasteiger charge is -2.47. The van der Waals surface area contributed by atoms with Crippen molar-refractivity contribution in [3.05, 3.63) is 27.7 Å². The number of likely N-dealkylation sites (N-methyl/N-ethyl adjacent to an activating group) is 1. The molecular formula is C26H41BrN4OSi. The Morgan fingerprint density at radius 3 is 2.55 bits per heavy atom. The predicted molar refractivity (Wildman–Crippen MR) is 146 cm³/mol. The van der Waals surface area contributed by atoms with E-state index in [1.54, 1.807) is 5.56 Å². The molecule has 2 amide bonds. The van der Waals surface area contributed by atoms with E-state index < -0.39 is 8.07 Å². The normalized spacial score (nSPS) is 23.5. The second kappa shape index (κ2) is 8.72. The van der Waals surface area contributed by atoms with Crippen LogP contribution in [-0.2, 0) is 6.42 Å². The predicted octanol–water partition coefficient (Wildman–Crippen LogP) is 5.41. The molecule has 1 aliphatic carbocycles. The molecule has 3 atom stereocenters. The van der Waals surface area contributed by atoms with Crippen molar-refractivity contribution >= 4 is 46.3 Å². The number of piperidine rings is 1. The average molecular weight is 534 g/mol. The number of likely N-dealkylation sites (tertiary alicyclic amines) is 1. The summed E-state index contributed by atoms with van der Waals surface area (Å²) in [6, 6.07) is 5.14.